The Morgan fingerprint density at radius 1 is 0.971 bits per heavy atom. The summed E-state index contributed by atoms with van der Waals surface area (Å²) >= 11 is 1.38. The van der Waals surface area contributed by atoms with Crippen LogP contribution in [0.25, 0.3) is 0 Å². The molecule has 2 aliphatic heterocycles. The zero-order valence-corrected chi connectivity index (χ0v) is 19.8. The number of likely N-dealkylation sites (tertiary alicyclic amines) is 1. The Morgan fingerprint density at radius 2 is 1.71 bits per heavy atom. The van der Waals surface area contributed by atoms with E-state index in [9.17, 15) is 14.4 Å². The van der Waals surface area contributed by atoms with E-state index in [-0.39, 0.29) is 24.1 Å². The van der Waals surface area contributed by atoms with Gasteiger partial charge in [-0.25, -0.2) is 0 Å². The van der Waals surface area contributed by atoms with E-state index in [0.717, 1.165) is 49.8 Å². The zero-order valence-electron chi connectivity index (χ0n) is 19.0. The highest BCUT2D eigenvalue weighted by atomic mass is 32.2. The molecule has 178 valence electrons. The first-order valence-corrected chi connectivity index (χ1v) is 12.5. The summed E-state index contributed by atoms with van der Waals surface area (Å²) in [5.41, 5.74) is 2.17. The molecular weight excluding hydrogens is 450 g/mol. The smallest absolute Gasteiger partial charge is 0.262 e. The SMILES string of the molecule is O=C(CC1SC(N2CCCC2)=NC1=O)Nc1ccc(C(=O)NCCCNc2ccccc2)cc1. The topological polar surface area (TPSA) is 103 Å². The van der Waals surface area contributed by atoms with Gasteiger partial charge >= 0.3 is 0 Å². The summed E-state index contributed by atoms with van der Waals surface area (Å²) in [6.07, 6.45) is 3.09. The summed E-state index contributed by atoms with van der Waals surface area (Å²) in [5.74, 6) is -0.642. The highest BCUT2D eigenvalue weighted by Gasteiger charge is 2.33. The highest BCUT2D eigenvalue weighted by molar-refractivity contribution is 8.15. The minimum Gasteiger partial charge on any atom is -0.385 e. The van der Waals surface area contributed by atoms with E-state index in [1.54, 1.807) is 24.3 Å². The van der Waals surface area contributed by atoms with Gasteiger partial charge in [-0.2, -0.15) is 4.99 Å². The number of aliphatic imine (C=N–C) groups is 1. The molecule has 0 aromatic heterocycles. The maximum absolute atomic E-state index is 12.4. The van der Waals surface area contributed by atoms with Crippen LogP contribution < -0.4 is 16.0 Å². The van der Waals surface area contributed by atoms with Crippen molar-refractivity contribution in [1.82, 2.24) is 10.2 Å². The van der Waals surface area contributed by atoms with Crippen LogP contribution in [0.5, 0.6) is 0 Å². The molecule has 3 N–H and O–H groups in total. The van der Waals surface area contributed by atoms with E-state index in [0.29, 0.717) is 17.8 Å². The second kappa shape index (κ2) is 11.7. The summed E-state index contributed by atoms with van der Waals surface area (Å²) in [6, 6.07) is 16.7. The summed E-state index contributed by atoms with van der Waals surface area (Å²) < 4.78 is 0. The van der Waals surface area contributed by atoms with Gasteiger partial charge in [0.1, 0.15) is 5.25 Å². The molecule has 0 spiro atoms. The van der Waals surface area contributed by atoms with Gasteiger partial charge in [0.15, 0.2) is 5.17 Å². The molecule has 0 saturated carbocycles. The number of amides is 3. The van der Waals surface area contributed by atoms with Crippen molar-refractivity contribution in [1.29, 1.82) is 0 Å². The fraction of sp³-hybridized carbons (Fsp3) is 0.360. The molecule has 2 aromatic rings. The van der Waals surface area contributed by atoms with Crippen molar-refractivity contribution < 1.29 is 14.4 Å². The Kier molecular flexibility index (Phi) is 8.19. The standard InChI is InChI=1S/C25H29N5O3S/c31-22(17-21-24(33)29-25(34-21)30-15-4-5-16-30)28-20-11-9-18(10-12-20)23(32)27-14-6-13-26-19-7-2-1-3-8-19/h1-3,7-12,21,26H,4-6,13-17H2,(H,27,32)(H,28,31). The number of amidine groups is 1. The van der Waals surface area contributed by atoms with E-state index in [4.69, 9.17) is 0 Å². The zero-order chi connectivity index (χ0) is 23.8. The lowest BCUT2D eigenvalue weighted by atomic mass is 10.2. The van der Waals surface area contributed by atoms with Gasteiger partial charge in [0.05, 0.1) is 0 Å². The first kappa shape index (κ1) is 23.8. The van der Waals surface area contributed by atoms with Crippen molar-refractivity contribution in [2.45, 2.75) is 30.9 Å². The predicted octanol–water partition coefficient (Wildman–Crippen LogP) is 3.34. The first-order chi connectivity index (χ1) is 16.6. The molecule has 1 atom stereocenters. The van der Waals surface area contributed by atoms with Gasteiger partial charge in [-0.3, -0.25) is 14.4 Å². The summed E-state index contributed by atoms with van der Waals surface area (Å²) in [6.45, 7) is 3.17. The molecule has 3 amide bonds. The molecule has 0 radical (unpaired) electrons. The van der Waals surface area contributed by atoms with Gasteiger partial charge in [0.2, 0.25) is 5.91 Å². The Labute approximate surface area is 203 Å². The number of carbonyl (C=O) groups excluding carboxylic acids is 3. The van der Waals surface area contributed by atoms with Crippen LogP contribution in [-0.2, 0) is 9.59 Å². The average Bonchev–Trinajstić information content (AvgIpc) is 3.50. The van der Waals surface area contributed by atoms with Crippen LogP contribution in [0.15, 0.2) is 59.6 Å². The lowest BCUT2D eigenvalue weighted by Gasteiger charge is -2.16. The van der Waals surface area contributed by atoms with Crippen LogP contribution in [0.3, 0.4) is 0 Å². The Bertz CT molecular complexity index is 1040. The molecule has 1 saturated heterocycles. The van der Waals surface area contributed by atoms with Crippen LogP contribution in [0.2, 0.25) is 0 Å². The van der Waals surface area contributed by atoms with Crippen molar-refractivity contribution in [3.63, 3.8) is 0 Å². The molecule has 2 heterocycles. The van der Waals surface area contributed by atoms with Crippen LogP contribution in [0.1, 0.15) is 36.0 Å². The number of thioether (sulfide) groups is 1. The van der Waals surface area contributed by atoms with Crippen molar-refractivity contribution in [3.05, 3.63) is 60.2 Å². The Balaban J connectivity index is 1.16. The third-order valence-corrected chi connectivity index (χ3v) is 6.86. The second-order valence-electron chi connectivity index (χ2n) is 8.27. The lowest BCUT2D eigenvalue weighted by Crippen LogP contribution is -2.26. The van der Waals surface area contributed by atoms with Crippen molar-refractivity contribution >= 4 is 46.0 Å². The maximum atomic E-state index is 12.4. The minimum absolute atomic E-state index is 0.0730. The quantitative estimate of drug-likeness (QED) is 0.477. The molecule has 1 fully saturated rings. The summed E-state index contributed by atoms with van der Waals surface area (Å²) in [5, 5.41) is 9.28. The Morgan fingerprint density at radius 3 is 2.44 bits per heavy atom. The van der Waals surface area contributed by atoms with E-state index in [1.807, 2.05) is 30.3 Å². The van der Waals surface area contributed by atoms with E-state index in [1.165, 1.54) is 11.8 Å². The molecule has 1 unspecified atom stereocenters. The normalized spacial score (nSPS) is 17.4. The lowest BCUT2D eigenvalue weighted by molar-refractivity contribution is -0.121. The van der Waals surface area contributed by atoms with E-state index < -0.39 is 5.25 Å². The maximum Gasteiger partial charge on any atom is 0.262 e. The fourth-order valence-corrected chi connectivity index (χ4v) is 4.94. The number of rotatable bonds is 9. The molecule has 0 bridgehead atoms. The molecule has 4 rings (SSSR count). The number of hydrogen-bond donors (Lipinski definition) is 3. The van der Waals surface area contributed by atoms with Crippen LogP contribution in [0.4, 0.5) is 11.4 Å². The number of anilines is 2. The molecule has 2 aliphatic rings. The number of nitrogens with zero attached hydrogens (tertiary/aromatic N) is 2. The van der Waals surface area contributed by atoms with Crippen molar-refractivity contribution in [2.24, 2.45) is 4.99 Å². The fourth-order valence-electron chi connectivity index (χ4n) is 3.82. The van der Waals surface area contributed by atoms with E-state index >= 15 is 0 Å². The first-order valence-electron chi connectivity index (χ1n) is 11.6. The number of benzene rings is 2. The molecule has 8 nitrogen and oxygen atoms in total. The van der Waals surface area contributed by atoms with E-state index in [2.05, 4.69) is 25.8 Å². The second-order valence-corrected chi connectivity index (χ2v) is 9.44. The number of para-hydroxylation sites is 1. The van der Waals surface area contributed by atoms with Gasteiger partial charge in [-0.1, -0.05) is 30.0 Å². The molecule has 0 aliphatic carbocycles. The van der Waals surface area contributed by atoms with Crippen LogP contribution in [0, 0.1) is 0 Å². The molecule has 9 heteroatoms. The largest absolute Gasteiger partial charge is 0.385 e. The molecule has 2 aromatic carbocycles. The number of carbonyl (C=O) groups is 3. The number of nitrogens with one attached hydrogen (secondary N) is 3. The van der Waals surface area contributed by atoms with Gasteiger partial charge in [-0.15, -0.1) is 0 Å². The Hall–Kier alpha value is -3.33. The average molecular weight is 480 g/mol. The van der Waals surface area contributed by atoms with Crippen LogP contribution >= 0.6 is 11.8 Å². The van der Waals surface area contributed by atoms with Crippen LogP contribution in [-0.4, -0.2) is 59.2 Å². The number of hydrogen-bond acceptors (Lipinski definition) is 6. The highest BCUT2D eigenvalue weighted by Crippen LogP contribution is 2.29. The third kappa shape index (κ3) is 6.60. The van der Waals surface area contributed by atoms with Crippen molar-refractivity contribution in [2.75, 3.05) is 36.8 Å². The van der Waals surface area contributed by atoms with Crippen molar-refractivity contribution in [3.8, 4) is 0 Å². The molecule has 34 heavy (non-hydrogen) atoms. The summed E-state index contributed by atoms with van der Waals surface area (Å²) in [7, 11) is 0. The predicted molar refractivity (Wildman–Crippen MR) is 136 cm³/mol. The third-order valence-electron chi connectivity index (χ3n) is 5.65. The monoisotopic (exact) mass is 479 g/mol. The van der Waals surface area contributed by atoms with Gasteiger partial charge in [-0.05, 0) is 55.7 Å². The minimum atomic E-state index is -0.475. The van der Waals surface area contributed by atoms with Gasteiger partial charge < -0.3 is 20.9 Å². The summed E-state index contributed by atoms with van der Waals surface area (Å²) in [4.78, 5) is 43.2. The van der Waals surface area contributed by atoms with Gasteiger partial charge in [0, 0.05) is 49.5 Å². The molecular formula is C25H29N5O3S. The van der Waals surface area contributed by atoms with Gasteiger partial charge in [0.25, 0.3) is 11.8 Å².